The van der Waals surface area contributed by atoms with Gasteiger partial charge < -0.3 is 14.2 Å². The summed E-state index contributed by atoms with van der Waals surface area (Å²) >= 11 is 0. The van der Waals surface area contributed by atoms with Crippen molar-refractivity contribution in [2.75, 3.05) is 5.32 Å². The molecule has 0 fully saturated rings. The first-order valence-corrected chi connectivity index (χ1v) is 7.97. The first-order valence-electron chi connectivity index (χ1n) is 7.97. The molecular formula is C18H19N3O4. The number of carbonyl (C=O) groups excluding carboxylic acids is 1. The molecule has 2 aromatic heterocycles. The molecule has 25 heavy (non-hydrogen) atoms. The average molecular weight is 341 g/mol. The molecule has 1 N–H and O–H groups in total. The summed E-state index contributed by atoms with van der Waals surface area (Å²) in [6.45, 7) is 5.80. The Morgan fingerprint density at radius 3 is 2.76 bits per heavy atom. The highest BCUT2D eigenvalue weighted by Gasteiger charge is 2.17. The van der Waals surface area contributed by atoms with E-state index in [1.165, 1.54) is 6.26 Å². The number of anilines is 1. The van der Waals surface area contributed by atoms with Crippen molar-refractivity contribution in [3.8, 4) is 11.7 Å². The molecule has 0 aliphatic heterocycles. The van der Waals surface area contributed by atoms with E-state index in [1.54, 1.807) is 12.1 Å². The van der Waals surface area contributed by atoms with Crippen molar-refractivity contribution in [3.05, 3.63) is 58.3 Å². The summed E-state index contributed by atoms with van der Waals surface area (Å²) < 4.78 is 11.1. The Morgan fingerprint density at radius 1 is 1.28 bits per heavy atom. The maximum absolute atomic E-state index is 12.4. The molecule has 0 unspecified atom stereocenters. The molecule has 3 rings (SSSR count). The van der Waals surface area contributed by atoms with Crippen LogP contribution in [0.1, 0.15) is 30.9 Å². The Morgan fingerprint density at radius 2 is 2.08 bits per heavy atom. The number of nitrogens with zero attached hydrogens (tertiary/aromatic N) is 2. The van der Waals surface area contributed by atoms with Gasteiger partial charge in [-0.3, -0.25) is 4.79 Å². The first-order chi connectivity index (χ1) is 12.0. The van der Waals surface area contributed by atoms with E-state index in [9.17, 15) is 9.59 Å². The van der Waals surface area contributed by atoms with Crippen molar-refractivity contribution >= 4 is 11.6 Å². The fourth-order valence-electron chi connectivity index (χ4n) is 2.56. The molecule has 130 valence electrons. The first kappa shape index (κ1) is 16.8. The highest BCUT2D eigenvalue weighted by Crippen LogP contribution is 2.27. The SMILES string of the molecule is Cc1cccc(C(C)C)c1NC(=O)Cn1nc(-c2ccco2)oc1=O. The quantitative estimate of drug-likeness (QED) is 0.770. The molecule has 0 bridgehead atoms. The summed E-state index contributed by atoms with van der Waals surface area (Å²) in [4.78, 5) is 24.3. The van der Waals surface area contributed by atoms with E-state index < -0.39 is 5.76 Å². The zero-order chi connectivity index (χ0) is 18.0. The second-order valence-corrected chi connectivity index (χ2v) is 6.05. The summed E-state index contributed by atoms with van der Waals surface area (Å²) in [7, 11) is 0. The number of amides is 1. The largest absolute Gasteiger partial charge is 0.459 e. The van der Waals surface area contributed by atoms with Gasteiger partial charge in [-0.2, -0.15) is 4.68 Å². The van der Waals surface area contributed by atoms with Gasteiger partial charge in [-0.05, 0) is 36.1 Å². The van der Waals surface area contributed by atoms with Crippen molar-refractivity contribution in [1.82, 2.24) is 9.78 Å². The molecule has 0 radical (unpaired) electrons. The molecule has 0 aliphatic rings. The Balaban J connectivity index is 1.79. The number of furan rings is 1. The summed E-state index contributed by atoms with van der Waals surface area (Å²) in [6.07, 6.45) is 1.45. The lowest BCUT2D eigenvalue weighted by molar-refractivity contribution is -0.117. The van der Waals surface area contributed by atoms with Crippen LogP contribution in [0.25, 0.3) is 11.7 Å². The van der Waals surface area contributed by atoms with Gasteiger partial charge in [-0.15, -0.1) is 5.10 Å². The molecule has 1 aromatic carbocycles. The van der Waals surface area contributed by atoms with Crippen LogP contribution in [0.2, 0.25) is 0 Å². The van der Waals surface area contributed by atoms with E-state index in [0.29, 0.717) is 5.76 Å². The fourth-order valence-corrected chi connectivity index (χ4v) is 2.56. The number of rotatable bonds is 5. The number of carbonyl (C=O) groups is 1. The maximum atomic E-state index is 12.4. The zero-order valence-electron chi connectivity index (χ0n) is 14.3. The lowest BCUT2D eigenvalue weighted by atomic mass is 9.98. The molecule has 0 saturated heterocycles. The molecule has 7 nitrogen and oxygen atoms in total. The minimum Gasteiger partial charge on any atom is -0.459 e. The van der Waals surface area contributed by atoms with E-state index in [1.807, 2.05) is 25.1 Å². The normalized spacial score (nSPS) is 11.0. The second kappa shape index (κ2) is 6.80. The van der Waals surface area contributed by atoms with Crippen LogP contribution in [0.5, 0.6) is 0 Å². The lowest BCUT2D eigenvalue weighted by Crippen LogP contribution is -2.26. The molecule has 2 heterocycles. The number of para-hydroxylation sites is 1. The van der Waals surface area contributed by atoms with Crippen molar-refractivity contribution in [3.63, 3.8) is 0 Å². The van der Waals surface area contributed by atoms with Crippen LogP contribution >= 0.6 is 0 Å². The molecule has 1 amide bonds. The second-order valence-electron chi connectivity index (χ2n) is 6.05. The summed E-state index contributed by atoms with van der Waals surface area (Å²) in [5.41, 5.74) is 2.77. The topological polar surface area (TPSA) is 90.3 Å². The van der Waals surface area contributed by atoms with Crippen LogP contribution in [0.15, 0.2) is 50.2 Å². The third kappa shape index (κ3) is 3.55. The van der Waals surface area contributed by atoms with E-state index in [-0.39, 0.29) is 24.3 Å². The predicted octanol–water partition coefficient (Wildman–Crippen LogP) is 3.17. The molecule has 0 saturated carbocycles. The number of nitrogens with one attached hydrogen (secondary N) is 1. The minimum absolute atomic E-state index is 0.0431. The minimum atomic E-state index is -0.713. The van der Waals surface area contributed by atoms with Crippen molar-refractivity contribution < 1.29 is 13.6 Å². The van der Waals surface area contributed by atoms with E-state index in [4.69, 9.17) is 8.83 Å². The van der Waals surface area contributed by atoms with Crippen molar-refractivity contribution in [2.24, 2.45) is 0 Å². The molecule has 7 heteroatoms. The Bertz CT molecular complexity index is 936. The van der Waals surface area contributed by atoms with Crippen molar-refractivity contribution in [2.45, 2.75) is 33.2 Å². The third-order valence-corrected chi connectivity index (χ3v) is 3.82. The van der Waals surface area contributed by atoms with Crippen LogP contribution < -0.4 is 11.1 Å². The molecule has 0 aliphatic carbocycles. The number of hydrogen-bond acceptors (Lipinski definition) is 5. The van der Waals surface area contributed by atoms with Gasteiger partial charge in [-0.25, -0.2) is 4.79 Å². The van der Waals surface area contributed by atoms with Crippen molar-refractivity contribution in [1.29, 1.82) is 0 Å². The number of aryl methyl sites for hydroxylation is 1. The van der Waals surface area contributed by atoms with Gasteiger partial charge in [0.25, 0.3) is 5.89 Å². The van der Waals surface area contributed by atoms with Crippen LogP contribution in [-0.4, -0.2) is 15.7 Å². The number of benzene rings is 1. The fraction of sp³-hybridized carbons (Fsp3) is 0.278. The number of aromatic nitrogens is 2. The Hall–Kier alpha value is -3.09. The average Bonchev–Trinajstić information content (AvgIpc) is 3.19. The summed E-state index contributed by atoms with van der Waals surface area (Å²) in [5, 5.41) is 6.87. The van der Waals surface area contributed by atoms with Gasteiger partial charge in [0.1, 0.15) is 6.54 Å². The van der Waals surface area contributed by atoms with Crippen LogP contribution in [0.4, 0.5) is 5.69 Å². The smallest absolute Gasteiger partial charge is 0.437 e. The van der Waals surface area contributed by atoms with Gasteiger partial charge >= 0.3 is 5.76 Å². The monoisotopic (exact) mass is 341 g/mol. The predicted molar refractivity (Wildman–Crippen MR) is 92.4 cm³/mol. The summed E-state index contributed by atoms with van der Waals surface area (Å²) in [5.74, 6) is -0.428. The molecule has 3 aromatic rings. The van der Waals surface area contributed by atoms with Gasteiger partial charge in [0.2, 0.25) is 5.91 Å². The van der Waals surface area contributed by atoms with Crippen LogP contribution in [0, 0.1) is 6.92 Å². The maximum Gasteiger partial charge on any atom is 0.437 e. The standard InChI is InChI=1S/C18H19N3O4/c1-11(2)13-7-4-6-12(3)16(13)19-15(22)10-21-18(23)25-17(20-21)14-8-5-9-24-14/h4-9,11H,10H2,1-3H3,(H,19,22). The van der Waals surface area contributed by atoms with Crippen LogP contribution in [0.3, 0.4) is 0 Å². The molecule has 0 spiro atoms. The van der Waals surface area contributed by atoms with E-state index in [0.717, 1.165) is 21.5 Å². The van der Waals surface area contributed by atoms with Gasteiger partial charge in [0.05, 0.1) is 6.26 Å². The van der Waals surface area contributed by atoms with E-state index in [2.05, 4.69) is 24.3 Å². The highest BCUT2D eigenvalue weighted by atomic mass is 16.4. The lowest BCUT2D eigenvalue weighted by Gasteiger charge is -2.16. The number of hydrogen-bond donors (Lipinski definition) is 1. The highest BCUT2D eigenvalue weighted by molar-refractivity contribution is 5.92. The van der Waals surface area contributed by atoms with Gasteiger partial charge in [0, 0.05) is 5.69 Å². The molecular weight excluding hydrogens is 322 g/mol. The van der Waals surface area contributed by atoms with E-state index >= 15 is 0 Å². The van der Waals surface area contributed by atoms with Gasteiger partial charge in [0.15, 0.2) is 5.76 Å². The Labute approximate surface area is 144 Å². The summed E-state index contributed by atoms with van der Waals surface area (Å²) in [6, 6.07) is 9.14. The zero-order valence-corrected chi connectivity index (χ0v) is 14.3. The molecule has 0 atom stereocenters. The van der Waals surface area contributed by atoms with Gasteiger partial charge in [-0.1, -0.05) is 32.0 Å². The third-order valence-electron chi connectivity index (χ3n) is 3.82. The van der Waals surface area contributed by atoms with Crippen LogP contribution in [-0.2, 0) is 11.3 Å². The Kier molecular flexibility index (Phi) is 4.56.